The lowest BCUT2D eigenvalue weighted by molar-refractivity contribution is -0.126. The second kappa shape index (κ2) is 4.14. The Hall–Kier alpha value is -1.36. The summed E-state index contributed by atoms with van der Waals surface area (Å²) in [5.74, 6) is 0.217. The van der Waals surface area contributed by atoms with Crippen LogP contribution in [0.5, 0.6) is 0 Å². The van der Waals surface area contributed by atoms with Crippen LogP contribution >= 0.6 is 0 Å². The molecule has 0 bridgehead atoms. The maximum atomic E-state index is 12.2. The SMILES string of the molecule is Cc1noc(NC(=O)C(C)(C)C(C)(C)N)c1C. The minimum absolute atomic E-state index is 0.177. The summed E-state index contributed by atoms with van der Waals surface area (Å²) >= 11 is 0. The van der Waals surface area contributed by atoms with E-state index in [1.54, 1.807) is 13.8 Å². The lowest BCUT2D eigenvalue weighted by Gasteiger charge is -2.36. The molecule has 0 radical (unpaired) electrons. The molecule has 96 valence electrons. The van der Waals surface area contributed by atoms with Crippen molar-refractivity contribution in [3.05, 3.63) is 11.3 Å². The highest BCUT2D eigenvalue weighted by Crippen LogP contribution is 2.30. The maximum absolute atomic E-state index is 12.2. The van der Waals surface area contributed by atoms with Crippen LogP contribution in [0.15, 0.2) is 4.52 Å². The summed E-state index contributed by atoms with van der Waals surface area (Å²) in [6.45, 7) is 10.9. The van der Waals surface area contributed by atoms with E-state index in [0.717, 1.165) is 11.3 Å². The Labute approximate surface area is 102 Å². The highest BCUT2D eigenvalue weighted by atomic mass is 16.5. The van der Waals surface area contributed by atoms with Gasteiger partial charge in [-0.05, 0) is 41.5 Å². The summed E-state index contributed by atoms with van der Waals surface area (Å²) in [7, 11) is 0. The molecule has 5 heteroatoms. The summed E-state index contributed by atoms with van der Waals surface area (Å²) in [4.78, 5) is 12.2. The molecule has 17 heavy (non-hydrogen) atoms. The van der Waals surface area contributed by atoms with E-state index in [2.05, 4.69) is 10.5 Å². The smallest absolute Gasteiger partial charge is 0.234 e. The van der Waals surface area contributed by atoms with Gasteiger partial charge in [0.15, 0.2) is 0 Å². The zero-order valence-electron chi connectivity index (χ0n) is 11.3. The van der Waals surface area contributed by atoms with Crippen molar-refractivity contribution in [2.24, 2.45) is 11.1 Å². The van der Waals surface area contributed by atoms with Gasteiger partial charge in [-0.25, -0.2) is 0 Å². The fraction of sp³-hybridized carbons (Fsp3) is 0.667. The topological polar surface area (TPSA) is 81.2 Å². The molecule has 0 saturated heterocycles. The number of hydrogen-bond donors (Lipinski definition) is 2. The molecule has 5 nitrogen and oxygen atoms in total. The van der Waals surface area contributed by atoms with Crippen LogP contribution in [-0.2, 0) is 4.79 Å². The van der Waals surface area contributed by atoms with Crippen molar-refractivity contribution in [2.75, 3.05) is 5.32 Å². The predicted octanol–water partition coefficient (Wildman–Crippen LogP) is 1.99. The molecule has 1 aromatic rings. The molecule has 0 aliphatic heterocycles. The minimum Gasteiger partial charge on any atom is -0.338 e. The summed E-state index contributed by atoms with van der Waals surface area (Å²) in [5, 5.41) is 6.52. The first-order valence-electron chi connectivity index (χ1n) is 5.60. The van der Waals surface area contributed by atoms with Crippen LogP contribution in [0.3, 0.4) is 0 Å². The number of aryl methyl sites for hydroxylation is 1. The van der Waals surface area contributed by atoms with E-state index >= 15 is 0 Å². The minimum atomic E-state index is -0.708. The van der Waals surface area contributed by atoms with Crippen LogP contribution in [0.1, 0.15) is 39.0 Å². The third-order valence-corrected chi connectivity index (χ3v) is 3.56. The normalized spacial score (nSPS) is 12.6. The molecule has 3 N–H and O–H groups in total. The number of nitrogens with two attached hydrogens (primary N) is 1. The first kappa shape index (κ1) is 13.7. The number of anilines is 1. The first-order chi connectivity index (χ1) is 7.57. The van der Waals surface area contributed by atoms with E-state index in [4.69, 9.17) is 10.3 Å². The number of carbonyl (C=O) groups excluding carboxylic acids is 1. The number of nitrogens with one attached hydrogen (secondary N) is 1. The number of nitrogens with zero attached hydrogens (tertiary/aromatic N) is 1. The van der Waals surface area contributed by atoms with Crippen LogP contribution in [0.2, 0.25) is 0 Å². The monoisotopic (exact) mass is 239 g/mol. The molecule has 0 aliphatic rings. The quantitative estimate of drug-likeness (QED) is 0.845. The van der Waals surface area contributed by atoms with Gasteiger partial charge in [-0.2, -0.15) is 0 Å². The van der Waals surface area contributed by atoms with Crippen molar-refractivity contribution in [1.82, 2.24) is 5.16 Å². The fourth-order valence-electron chi connectivity index (χ4n) is 1.08. The molecule has 0 unspecified atom stereocenters. The highest BCUT2D eigenvalue weighted by Gasteiger charge is 2.41. The van der Waals surface area contributed by atoms with Crippen LogP contribution < -0.4 is 11.1 Å². The molecule has 0 fully saturated rings. The molecular weight excluding hydrogens is 218 g/mol. The Morgan fingerprint density at radius 2 is 1.82 bits per heavy atom. The van der Waals surface area contributed by atoms with Crippen molar-refractivity contribution in [3.63, 3.8) is 0 Å². The molecule has 0 aromatic carbocycles. The number of rotatable bonds is 3. The number of carbonyl (C=O) groups is 1. The van der Waals surface area contributed by atoms with E-state index in [-0.39, 0.29) is 5.91 Å². The largest absolute Gasteiger partial charge is 0.338 e. The van der Waals surface area contributed by atoms with Crippen LogP contribution in [0.4, 0.5) is 5.88 Å². The van der Waals surface area contributed by atoms with Gasteiger partial charge in [-0.1, -0.05) is 5.16 Å². The average molecular weight is 239 g/mol. The van der Waals surface area contributed by atoms with Crippen LogP contribution in [-0.4, -0.2) is 16.6 Å². The van der Waals surface area contributed by atoms with Gasteiger partial charge in [0.05, 0.1) is 11.1 Å². The van der Waals surface area contributed by atoms with E-state index in [1.165, 1.54) is 0 Å². The maximum Gasteiger partial charge on any atom is 0.234 e. The summed E-state index contributed by atoms with van der Waals surface area (Å²) in [6.07, 6.45) is 0. The zero-order chi connectivity index (χ0) is 13.4. The van der Waals surface area contributed by atoms with Gasteiger partial charge in [-0.15, -0.1) is 0 Å². The van der Waals surface area contributed by atoms with Crippen molar-refractivity contribution >= 4 is 11.8 Å². The summed E-state index contributed by atoms with van der Waals surface area (Å²) < 4.78 is 5.05. The number of hydrogen-bond acceptors (Lipinski definition) is 4. The molecular formula is C12H21N3O2. The molecule has 1 amide bonds. The molecule has 0 spiro atoms. The van der Waals surface area contributed by atoms with Crippen molar-refractivity contribution in [3.8, 4) is 0 Å². The first-order valence-corrected chi connectivity index (χ1v) is 5.60. The Morgan fingerprint density at radius 3 is 2.18 bits per heavy atom. The van der Waals surface area contributed by atoms with E-state index < -0.39 is 11.0 Å². The van der Waals surface area contributed by atoms with Gasteiger partial charge in [-0.3, -0.25) is 10.1 Å². The summed E-state index contributed by atoms with van der Waals surface area (Å²) in [6, 6.07) is 0. The molecule has 0 saturated carbocycles. The number of aromatic nitrogens is 1. The van der Waals surface area contributed by atoms with E-state index in [1.807, 2.05) is 27.7 Å². The molecule has 1 rings (SSSR count). The van der Waals surface area contributed by atoms with Gasteiger partial charge in [0.2, 0.25) is 11.8 Å². The van der Waals surface area contributed by atoms with Crippen LogP contribution in [0, 0.1) is 19.3 Å². The van der Waals surface area contributed by atoms with Crippen molar-refractivity contribution in [1.29, 1.82) is 0 Å². The Balaban J connectivity index is 2.91. The predicted molar refractivity (Wildman–Crippen MR) is 66.7 cm³/mol. The molecule has 1 aromatic heterocycles. The van der Waals surface area contributed by atoms with Gasteiger partial charge in [0, 0.05) is 11.1 Å². The Kier molecular flexibility index (Phi) is 3.34. The number of amides is 1. The molecule has 1 heterocycles. The third kappa shape index (κ3) is 2.49. The fourth-order valence-corrected chi connectivity index (χ4v) is 1.08. The van der Waals surface area contributed by atoms with Crippen molar-refractivity contribution in [2.45, 2.75) is 47.1 Å². The summed E-state index contributed by atoms with van der Waals surface area (Å²) in [5.41, 5.74) is 6.28. The standard InChI is InChI=1S/C12H21N3O2/c1-7-8(2)15-17-9(7)14-10(16)11(3,4)12(5,6)13/h13H2,1-6H3,(H,14,16). The second-order valence-corrected chi connectivity index (χ2v) is 5.52. The lowest BCUT2D eigenvalue weighted by atomic mass is 9.74. The molecule has 0 aliphatic carbocycles. The van der Waals surface area contributed by atoms with Gasteiger partial charge in [0.1, 0.15) is 0 Å². The van der Waals surface area contributed by atoms with Gasteiger partial charge in [0.25, 0.3) is 0 Å². The zero-order valence-corrected chi connectivity index (χ0v) is 11.3. The van der Waals surface area contributed by atoms with Crippen LogP contribution in [0.25, 0.3) is 0 Å². The van der Waals surface area contributed by atoms with Gasteiger partial charge >= 0.3 is 0 Å². The van der Waals surface area contributed by atoms with Gasteiger partial charge < -0.3 is 10.3 Å². The van der Waals surface area contributed by atoms with E-state index in [0.29, 0.717) is 5.88 Å². The lowest BCUT2D eigenvalue weighted by Crippen LogP contribution is -2.53. The average Bonchev–Trinajstić information content (AvgIpc) is 2.47. The Bertz CT molecular complexity index is 427. The van der Waals surface area contributed by atoms with E-state index in [9.17, 15) is 4.79 Å². The highest BCUT2D eigenvalue weighted by molar-refractivity contribution is 5.95. The molecule has 0 atom stereocenters. The second-order valence-electron chi connectivity index (χ2n) is 5.52. The Morgan fingerprint density at radius 1 is 1.29 bits per heavy atom. The van der Waals surface area contributed by atoms with Crippen molar-refractivity contribution < 1.29 is 9.32 Å². The third-order valence-electron chi connectivity index (χ3n) is 3.56.